The Morgan fingerprint density at radius 3 is 2.23 bits per heavy atom. The zero-order valence-corrected chi connectivity index (χ0v) is 9.39. The molecule has 0 aliphatic carbocycles. The van der Waals surface area contributed by atoms with Crippen molar-refractivity contribution in [3.63, 3.8) is 0 Å². The molecule has 0 saturated carbocycles. The molecule has 0 amide bonds. The highest BCUT2D eigenvalue weighted by Gasteiger charge is 2.30. The van der Waals surface area contributed by atoms with Crippen molar-refractivity contribution in [2.24, 2.45) is 5.92 Å². The van der Waals surface area contributed by atoms with E-state index in [1.807, 2.05) is 6.92 Å². The zero-order chi connectivity index (χ0) is 10.6. The Morgan fingerprint density at radius 2 is 1.92 bits per heavy atom. The van der Waals surface area contributed by atoms with Crippen LogP contribution in [-0.2, 0) is 4.79 Å². The maximum Gasteiger partial charge on any atom is 0.336 e. The van der Waals surface area contributed by atoms with E-state index in [-0.39, 0.29) is 5.75 Å². The van der Waals surface area contributed by atoms with Crippen LogP contribution in [0.5, 0.6) is 0 Å². The van der Waals surface area contributed by atoms with Crippen molar-refractivity contribution >= 4 is 17.7 Å². The standard InChI is InChI=1S/C9H18O3S/c1-6(2)7(3)13-5-9(4,12)8(10)11/h6-7,12H,5H2,1-4H3,(H,10,11). The van der Waals surface area contributed by atoms with E-state index in [1.165, 1.54) is 18.7 Å². The van der Waals surface area contributed by atoms with E-state index in [0.717, 1.165) is 0 Å². The van der Waals surface area contributed by atoms with Gasteiger partial charge >= 0.3 is 5.97 Å². The van der Waals surface area contributed by atoms with Crippen LogP contribution in [0, 0.1) is 5.92 Å². The smallest absolute Gasteiger partial charge is 0.336 e. The zero-order valence-electron chi connectivity index (χ0n) is 8.57. The molecule has 0 radical (unpaired) electrons. The second-order valence-electron chi connectivity index (χ2n) is 3.84. The van der Waals surface area contributed by atoms with Gasteiger partial charge in [0, 0.05) is 11.0 Å². The Morgan fingerprint density at radius 1 is 1.46 bits per heavy atom. The predicted molar refractivity (Wildman–Crippen MR) is 55.0 cm³/mol. The summed E-state index contributed by atoms with van der Waals surface area (Å²) in [5, 5.41) is 18.4. The van der Waals surface area contributed by atoms with Crippen molar-refractivity contribution in [2.45, 2.75) is 38.5 Å². The Kier molecular flexibility index (Phi) is 4.78. The largest absolute Gasteiger partial charge is 0.479 e. The van der Waals surface area contributed by atoms with E-state index in [1.54, 1.807) is 0 Å². The molecule has 0 aromatic carbocycles. The van der Waals surface area contributed by atoms with Crippen molar-refractivity contribution in [3.05, 3.63) is 0 Å². The lowest BCUT2D eigenvalue weighted by atomic mass is 10.1. The summed E-state index contributed by atoms with van der Waals surface area (Å²) in [6.07, 6.45) is 0. The first-order valence-electron chi connectivity index (χ1n) is 4.34. The third-order valence-corrected chi connectivity index (χ3v) is 3.83. The summed E-state index contributed by atoms with van der Waals surface area (Å²) >= 11 is 1.49. The molecule has 0 saturated heterocycles. The number of aliphatic hydroxyl groups is 1. The Hall–Kier alpha value is -0.220. The van der Waals surface area contributed by atoms with E-state index < -0.39 is 11.6 Å². The molecule has 0 aliphatic rings. The molecule has 2 N–H and O–H groups in total. The van der Waals surface area contributed by atoms with Gasteiger partial charge in [0.25, 0.3) is 0 Å². The maximum atomic E-state index is 10.5. The summed E-state index contributed by atoms with van der Waals surface area (Å²) < 4.78 is 0. The second-order valence-corrected chi connectivity index (χ2v) is 5.20. The molecule has 3 nitrogen and oxygen atoms in total. The van der Waals surface area contributed by atoms with Crippen LogP contribution in [0.4, 0.5) is 0 Å². The van der Waals surface area contributed by atoms with Crippen LogP contribution in [0.25, 0.3) is 0 Å². The van der Waals surface area contributed by atoms with Gasteiger partial charge in [0.05, 0.1) is 0 Å². The molecule has 0 rings (SSSR count). The lowest BCUT2D eigenvalue weighted by Crippen LogP contribution is -2.38. The van der Waals surface area contributed by atoms with Gasteiger partial charge in [0.2, 0.25) is 0 Å². The molecule has 0 aromatic rings. The highest BCUT2D eigenvalue weighted by molar-refractivity contribution is 8.00. The van der Waals surface area contributed by atoms with Crippen LogP contribution in [0.3, 0.4) is 0 Å². The highest BCUT2D eigenvalue weighted by Crippen LogP contribution is 2.23. The Balaban J connectivity index is 3.95. The van der Waals surface area contributed by atoms with Crippen LogP contribution in [0.2, 0.25) is 0 Å². The number of carboxylic acids is 1. The molecule has 13 heavy (non-hydrogen) atoms. The number of carbonyl (C=O) groups is 1. The molecule has 0 spiro atoms. The van der Waals surface area contributed by atoms with Gasteiger partial charge < -0.3 is 10.2 Å². The first-order chi connectivity index (χ1) is 5.77. The molecule has 0 heterocycles. The summed E-state index contributed by atoms with van der Waals surface area (Å²) in [5.74, 6) is -0.424. The summed E-state index contributed by atoms with van der Waals surface area (Å²) in [4.78, 5) is 10.5. The summed E-state index contributed by atoms with van der Waals surface area (Å²) in [5.41, 5.74) is -1.60. The second kappa shape index (κ2) is 4.86. The minimum absolute atomic E-state index is 0.238. The molecule has 0 fully saturated rings. The summed E-state index contributed by atoms with van der Waals surface area (Å²) in [7, 11) is 0. The number of carboxylic acid groups (broad SMARTS) is 1. The van der Waals surface area contributed by atoms with Crippen LogP contribution in [0.1, 0.15) is 27.7 Å². The number of rotatable bonds is 5. The van der Waals surface area contributed by atoms with E-state index in [9.17, 15) is 9.90 Å². The predicted octanol–water partition coefficient (Wildman–Crippen LogP) is 1.60. The van der Waals surface area contributed by atoms with Crippen LogP contribution >= 0.6 is 11.8 Å². The molecule has 0 aliphatic heterocycles. The molecule has 2 unspecified atom stereocenters. The first-order valence-corrected chi connectivity index (χ1v) is 5.39. The van der Waals surface area contributed by atoms with Crippen molar-refractivity contribution in [2.75, 3.05) is 5.75 Å². The van der Waals surface area contributed by atoms with Crippen molar-refractivity contribution < 1.29 is 15.0 Å². The third-order valence-electron chi connectivity index (χ3n) is 2.03. The lowest BCUT2D eigenvalue weighted by molar-refractivity contribution is -0.154. The minimum Gasteiger partial charge on any atom is -0.479 e. The summed E-state index contributed by atoms with van der Waals surface area (Å²) in [6, 6.07) is 0. The van der Waals surface area contributed by atoms with E-state index in [2.05, 4.69) is 13.8 Å². The van der Waals surface area contributed by atoms with Gasteiger partial charge in [0.1, 0.15) is 0 Å². The molecular formula is C9H18O3S. The van der Waals surface area contributed by atoms with Gasteiger partial charge in [-0.05, 0) is 12.8 Å². The van der Waals surface area contributed by atoms with Crippen molar-refractivity contribution in [1.82, 2.24) is 0 Å². The number of hydrogen-bond donors (Lipinski definition) is 2. The van der Waals surface area contributed by atoms with Gasteiger partial charge in [0.15, 0.2) is 5.60 Å². The maximum absolute atomic E-state index is 10.5. The Bertz CT molecular complexity index is 178. The lowest BCUT2D eigenvalue weighted by Gasteiger charge is -2.21. The van der Waals surface area contributed by atoms with Gasteiger partial charge in [-0.3, -0.25) is 0 Å². The molecule has 4 heteroatoms. The van der Waals surface area contributed by atoms with Crippen LogP contribution < -0.4 is 0 Å². The van der Waals surface area contributed by atoms with E-state index in [0.29, 0.717) is 11.2 Å². The molecule has 78 valence electrons. The molecule has 0 aromatic heterocycles. The van der Waals surface area contributed by atoms with Gasteiger partial charge in [-0.15, -0.1) is 0 Å². The Labute approximate surface area is 83.5 Å². The van der Waals surface area contributed by atoms with E-state index >= 15 is 0 Å². The SMILES string of the molecule is CC(C)C(C)SCC(C)(O)C(=O)O. The minimum atomic E-state index is -1.60. The van der Waals surface area contributed by atoms with Gasteiger partial charge in [-0.1, -0.05) is 20.8 Å². The van der Waals surface area contributed by atoms with Crippen molar-refractivity contribution in [1.29, 1.82) is 0 Å². The number of thioether (sulfide) groups is 1. The fourth-order valence-electron chi connectivity index (χ4n) is 0.548. The first kappa shape index (κ1) is 12.8. The van der Waals surface area contributed by atoms with Crippen LogP contribution in [0.15, 0.2) is 0 Å². The van der Waals surface area contributed by atoms with Crippen molar-refractivity contribution in [3.8, 4) is 0 Å². The topological polar surface area (TPSA) is 57.5 Å². The van der Waals surface area contributed by atoms with Gasteiger partial charge in [-0.25, -0.2) is 4.79 Å². The number of aliphatic carboxylic acids is 1. The molecule has 0 bridgehead atoms. The average Bonchev–Trinajstić information content (AvgIpc) is 1.99. The number of hydrogen-bond acceptors (Lipinski definition) is 3. The fraction of sp³-hybridized carbons (Fsp3) is 0.889. The average molecular weight is 206 g/mol. The summed E-state index contributed by atoms with van der Waals surface area (Å²) in [6.45, 7) is 7.52. The highest BCUT2D eigenvalue weighted by atomic mass is 32.2. The van der Waals surface area contributed by atoms with E-state index in [4.69, 9.17) is 5.11 Å². The molecule has 2 atom stereocenters. The fourth-order valence-corrected chi connectivity index (χ4v) is 1.64. The molecular weight excluding hydrogens is 188 g/mol. The van der Waals surface area contributed by atoms with Gasteiger partial charge in [-0.2, -0.15) is 11.8 Å². The normalized spacial score (nSPS) is 18.3. The quantitative estimate of drug-likeness (QED) is 0.717. The van der Waals surface area contributed by atoms with Crippen LogP contribution in [-0.4, -0.2) is 32.8 Å². The third kappa shape index (κ3) is 4.52. The monoisotopic (exact) mass is 206 g/mol.